The zero-order valence-corrected chi connectivity index (χ0v) is 41.3. The Labute approximate surface area is 397 Å². The normalized spacial score (nSPS) is 22.9. The molecule has 388 valence electrons. The van der Waals surface area contributed by atoms with Gasteiger partial charge in [0.05, 0.1) is 18.8 Å². The van der Waals surface area contributed by atoms with Gasteiger partial charge in [0.1, 0.15) is 43.2 Å². The van der Waals surface area contributed by atoms with E-state index in [1.807, 2.05) is 24.3 Å². The number of phosphoric acid groups is 2. The van der Waals surface area contributed by atoms with Crippen molar-refractivity contribution in [1.29, 1.82) is 0 Å². The van der Waals surface area contributed by atoms with Crippen LogP contribution in [0.4, 0.5) is 0 Å². The molecule has 5 unspecified atom stereocenters. The molecule has 1 fully saturated rings. The van der Waals surface area contributed by atoms with E-state index in [1.165, 1.54) is 19.3 Å². The summed E-state index contributed by atoms with van der Waals surface area (Å²) in [4.78, 5) is 54.3. The van der Waals surface area contributed by atoms with Gasteiger partial charge in [-0.05, 0) is 77.0 Å². The highest BCUT2D eigenvalue weighted by Crippen LogP contribution is 2.49. The number of hydrogen-bond donors (Lipinski definition) is 9. The fourth-order valence-corrected chi connectivity index (χ4v) is 8.40. The molecule has 0 heterocycles. The Morgan fingerprint density at radius 2 is 1.03 bits per heavy atom. The number of aliphatic hydroxyl groups excluding tert-OH is 6. The van der Waals surface area contributed by atoms with Crippen molar-refractivity contribution < 1.29 is 87.1 Å². The van der Waals surface area contributed by atoms with Gasteiger partial charge >= 0.3 is 27.6 Å². The van der Waals surface area contributed by atoms with Crippen molar-refractivity contribution >= 4 is 27.6 Å². The number of ether oxygens (including phenoxy) is 2. The first-order chi connectivity index (χ1) is 31.9. The topological polar surface area (TPSA) is 296 Å². The lowest BCUT2D eigenvalue weighted by Gasteiger charge is -2.43. The second-order valence-corrected chi connectivity index (χ2v) is 19.4. The van der Waals surface area contributed by atoms with E-state index in [2.05, 4.69) is 54.8 Å². The summed E-state index contributed by atoms with van der Waals surface area (Å²) in [7, 11) is -10.8. The molecule has 9 N–H and O–H groups in total. The highest BCUT2D eigenvalue weighted by Gasteiger charge is 2.54. The number of carbonyl (C=O) groups excluding carboxylic acids is 2. The maximum absolute atomic E-state index is 13.0. The summed E-state index contributed by atoms with van der Waals surface area (Å²) in [5.41, 5.74) is 0. The van der Waals surface area contributed by atoms with Crippen LogP contribution in [0.15, 0.2) is 60.8 Å². The van der Waals surface area contributed by atoms with Gasteiger partial charge in [0, 0.05) is 12.8 Å². The van der Waals surface area contributed by atoms with E-state index < -0.39 is 95.7 Å². The minimum atomic E-state index is -5.39. The summed E-state index contributed by atoms with van der Waals surface area (Å²) in [6.07, 6.45) is 20.5. The van der Waals surface area contributed by atoms with Crippen molar-refractivity contribution in [2.24, 2.45) is 0 Å². The number of esters is 2. The molecule has 20 heteroatoms. The van der Waals surface area contributed by atoms with Crippen LogP contribution in [-0.2, 0) is 41.8 Å². The van der Waals surface area contributed by atoms with Gasteiger partial charge in [-0.2, -0.15) is 0 Å². The predicted octanol–water partition coefficient (Wildman–Crippen LogP) is 7.00. The monoisotopic (exact) mass is 996 g/mol. The van der Waals surface area contributed by atoms with Gasteiger partial charge < -0.3 is 54.8 Å². The molecule has 1 saturated carbocycles. The van der Waals surface area contributed by atoms with Crippen molar-refractivity contribution in [3.8, 4) is 0 Å². The largest absolute Gasteiger partial charge is 0.472 e. The number of unbranched alkanes of at least 4 members (excludes halogenated alkanes) is 11. The smallest absolute Gasteiger partial charge is 0.462 e. The van der Waals surface area contributed by atoms with E-state index >= 15 is 0 Å². The molecule has 0 spiro atoms. The maximum Gasteiger partial charge on any atom is 0.472 e. The van der Waals surface area contributed by atoms with E-state index in [4.69, 9.17) is 18.5 Å². The van der Waals surface area contributed by atoms with E-state index in [0.29, 0.717) is 44.9 Å². The third kappa shape index (κ3) is 31.5. The van der Waals surface area contributed by atoms with Crippen LogP contribution in [0.5, 0.6) is 0 Å². The molecule has 1 rings (SSSR count). The number of carbonyl (C=O) groups is 2. The Morgan fingerprint density at radius 1 is 0.537 bits per heavy atom. The lowest BCUT2D eigenvalue weighted by Crippen LogP contribution is -2.64. The van der Waals surface area contributed by atoms with Crippen LogP contribution in [0.2, 0.25) is 0 Å². The third-order valence-corrected chi connectivity index (χ3v) is 12.3. The van der Waals surface area contributed by atoms with Crippen LogP contribution in [0.25, 0.3) is 0 Å². The SMILES string of the molecule is CCCCC/C=C\C/C=C\C/C=C\C/C=C\CCCC(=O)OC[C@H](COP(=O)(O)O[C@H]1C(O)C(O)C(O)[C@@H](OP(=O)(O)O)C1O)OC(=O)CCCCCCC[C@H](O)[C@@H](O)C/C=C\CCCCC. The van der Waals surface area contributed by atoms with Crippen molar-refractivity contribution in [2.75, 3.05) is 13.2 Å². The van der Waals surface area contributed by atoms with Crippen LogP contribution in [0, 0.1) is 0 Å². The average molecular weight is 997 g/mol. The summed E-state index contributed by atoms with van der Waals surface area (Å²) in [6, 6.07) is 0. The van der Waals surface area contributed by atoms with Gasteiger partial charge in [0.25, 0.3) is 0 Å². The third-order valence-electron chi connectivity index (χ3n) is 10.8. The Morgan fingerprint density at radius 3 is 1.60 bits per heavy atom. The minimum absolute atomic E-state index is 0.0107. The molecule has 18 nitrogen and oxygen atoms in total. The average Bonchev–Trinajstić information content (AvgIpc) is 3.28. The first-order valence-corrected chi connectivity index (χ1v) is 27.0. The highest BCUT2D eigenvalue weighted by molar-refractivity contribution is 7.47. The summed E-state index contributed by atoms with van der Waals surface area (Å²) in [5.74, 6) is -1.39. The Bertz CT molecular complexity index is 1560. The molecule has 1 aliphatic rings. The molecule has 1 aliphatic carbocycles. The van der Waals surface area contributed by atoms with Crippen molar-refractivity contribution in [2.45, 2.75) is 210 Å². The lowest BCUT2D eigenvalue weighted by molar-refractivity contribution is -0.216. The number of hydrogen-bond acceptors (Lipinski definition) is 15. The maximum atomic E-state index is 13.0. The Hall–Kier alpha value is -2.38. The molecule has 10 atom stereocenters. The molecule has 0 aromatic heterocycles. The van der Waals surface area contributed by atoms with Gasteiger partial charge in [-0.1, -0.05) is 126 Å². The molecule has 0 aromatic rings. The quantitative estimate of drug-likeness (QED) is 0.0130. The summed E-state index contributed by atoms with van der Waals surface area (Å²) in [6.45, 7) is 2.84. The summed E-state index contributed by atoms with van der Waals surface area (Å²) < 4.78 is 49.2. The molecule has 0 aliphatic heterocycles. The van der Waals surface area contributed by atoms with Gasteiger partial charge in [0.15, 0.2) is 6.10 Å². The number of allylic oxidation sites excluding steroid dienone is 9. The first kappa shape index (κ1) is 62.6. The first-order valence-electron chi connectivity index (χ1n) is 24.0. The molecule has 0 saturated heterocycles. The molecular formula is C47H82O18P2. The fourth-order valence-electron chi connectivity index (χ4n) is 6.86. The van der Waals surface area contributed by atoms with Gasteiger partial charge in [-0.15, -0.1) is 0 Å². The standard InChI is InChI=1S/C47H82O18P2/c1-3-5-7-9-11-12-13-14-15-16-17-18-19-20-21-25-29-33-40(50)61-35-37(36-62-67(59,60)65-47-44(54)42(52)43(53)46(45(47)55)64-66(56,57)58)63-41(51)34-30-26-22-24-28-32-39(49)38(48)31-27-23-10-8-6-4-2/h11-12,14-15,17-18,20-21,23,27,37-39,42-49,52-55H,3-10,13,16,19,22,24-26,28-36H2,1-2H3,(H,59,60)(H2,56,57,58)/b12-11-,15-14-,18-17-,21-20-,27-23-/t37-,38+,39+,42?,43?,44?,45?,46-,47+/m1/s1. The molecule has 67 heavy (non-hydrogen) atoms. The second-order valence-electron chi connectivity index (χ2n) is 16.8. The van der Waals surface area contributed by atoms with Crippen LogP contribution < -0.4 is 0 Å². The van der Waals surface area contributed by atoms with Crippen LogP contribution in [0.3, 0.4) is 0 Å². The zero-order chi connectivity index (χ0) is 49.9. The number of rotatable bonds is 39. The van der Waals surface area contributed by atoms with E-state index in [9.17, 15) is 64.0 Å². The minimum Gasteiger partial charge on any atom is -0.462 e. The Balaban J connectivity index is 2.68. The van der Waals surface area contributed by atoms with E-state index in [1.54, 1.807) is 0 Å². The highest BCUT2D eigenvalue weighted by atomic mass is 31.2. The van der Waals surface area contributed by atoms with E-state index in [0.717, 1.165) is 64.2 Å². The molecule has 0 radical (unpaired) electrons. The lowest BCUT2D eigenvalue weighted by atomic mass is 9.85. The predicted molar refractivity (Wildman–Crippen MR) is 253 cm³/mol. The molecule has 0 aromatic carbocycles. The number of aliphatic hydroxyl groups is 6. The van der Waals surface area contributed by atoms with Gasteiger partial charge in [-0.3, -0.25) is 23.2 Å². The second kappa shape index (κ2) is 37.4. The summed E-state index contributed by atoms with van der Waals surface area (Å²) in [5, 5.41) is 61.8. The van der Waals surface area contributed by atoms with Crippen molar-refractivity contribution in [3.05, 3.63) is 60.8 Å². The van der Waals surface area contributed by atoms with Crippen LogP contribution in [-0.4, -0.2) is 125 Å². The van der Waals surface area contributed by atoms with Crippen LogP contribution >= 0.6 is 15.6 Å². The molecule has 0 amide bonds. The van der Waals surface area contributed by atoms with Crippen LogP contribution in [0.1, 0.15) is 155 Å². The fraction of sp³-hybridized carbons (Fsp3) is 0.745. The van der Waals surface area contributed by atoms with E-state index in [-0.39, 0.29) is 12.8 Å². The summed E-state index contributed by atoms with van der Waals surface area (Å²) >= 11 is 0. The van der Waals surface area contributed by atoms with Crippen molar-refractivity contribution in [3.63, 3.8) is 0 Å². The van der Waals surface area contributed by atoms with Gasteiger partial charge in [-0.25, -0.2) is 9.13 Å². The number of phosphoric ester groups is 2. The van der Waals surface area contributed by atoms with Gasteiger partial charge in [0.2, 0.25) is 0 Å². The molecule has 0 bridgehead atoms. The zero-order valence-electron chi connectivity index (χ0n) is 39.5. The molecular weight excluding hydrogens is 914 g/mol. The van der Waals surface area contributed by atoms with Crippen molar-refractivity contribution in [1.82, 2.24) is 0 Å². The Kier molecular flexibility index (Phi) is 35.0.